The summed E-state index contributed by atoms with van der Waals surface area (Å²) in [6, 6.07) is 4.10. The summed E-state index contributed by atoms with van der Waals surface area (Å²) in [7, 11) is 0. The third-order valence-electron chi connectivity index (χ3n) is 1.30. The molecule has 0 radical (unpaired) electrons. The van der Waals surface area contributed by atoms with Gasteiger partial charge in [0, 0.05) is 17.8 Å². The standard InChI is InChI=1S/C8H12N2S/c1-2-10-8(9)6-7-4-3-5-11-7/h3-5H,2,6H2,1H3,(H2,9,10). The minimum Gasteiger partial charge on any atom is -0.387 e. The first-order chi connectivity index (χ1) is 5.33. The second-order valence-corrected chi connectivity index (χ2v) is 3.25. The zero-order chi connectivity index (χ0) is 8.10. The maximum atomic E-state index is 5.63. The predicted octanol–water partition coefficient (Wildman–Crippen LogP) is 1.67. The van der Waals surface area contributed by atoms with Crippen LogP contribution >= 0.6 is 11.3 Å². The van der Waals surface area contributed by atoms with Crippen molar-refractivity contribution in [3.8, 4) is 0 Å². The smallest absolute Gasteiger partial charge is 0.0989 e. The molecule has 1 aromatic heterocycles. The van der Waals surface area contributed by atoms with E-state index in [-0.39, 0.29) is 0 Å². The summed E-state index contributed by atoms with van der Waals surface area (Å²) in [4.78, 5) is 5.38. The SMILES string of the molecule is CCN=C(N)Cc1cccs1. The molecule has 0 aliphatic rings. The van der Waals surface area contributed by atoms with Crippen LogP contribution in [0.3, 0.4) is 0 Å². The Balaban J connectivity index is 2.50. The molecule has 1 heterocycles. The Morgan fingerprint density at radius 3 is 3.09 bits per heavy atom. The zero-order valence-electron chi connectivity index (χ0n) is 6.58. The number of aliphatic imine (C=N–C) groups is 1. The van der Waals surface area contributed by atoms with Crippen molar-refractivity contribution in [3.63, 3.8) is 0 Å². The third kappa shape index (κ3) is 2.72. The van der Waals surface area contributed by atoms with Gasteiger partial charge >= 0.3 is 0 Å². The van der Waals surface area contributed by atoms with E-state index in [0.29, 0.717) is 0 Å². The lowest BCUT2D eigenvalue weighted by Crippen LogP contribution is -2.14. The van der Waals surface area contributed by atoms with Gasteiger partial charge in [-0.15, -0.1) is 11.3 Å². The van der Waals surface area contributed by atoms with Crippen molar-refractivity contribution < 1.29 is 0 Å². The number of thiophene rings is 1. The molecule has 2 nitrogen and oxygen atoms in total. The van der Waals surface area contributed by atoms with Crippen LogP contribution in [0, 0.1) is 0 Å². The summed E-state index contributed by atoms with van der Waals surface area (Å²) < 4.78 is 0. The minimum atomic E-state index is 0.731. The molecule has 0 aliphatic carbocycles. The predicted molar refractivity (Wildman–Crippen MR) is 50.2 cm³/mol. The fourth-order valence-electron chi connectivity index (χ4n) is 0.851. The summed E-state index contributed by atoms with van der Waals surface area (Å²) in [6.45, 7) is 2.76. The van der Waals surface area contributed by atoms with E-state index in [4.69, 9.17) is 5.73 Å². The van der Waals surface area contributed by atoms with E-state index in [1.54, 1.807) is 11.3 Å². The average Bonchev–Trinajstić information content (AvgIpc) is 2.40. The molecular weight excluding hydrogens is 156 g/mol. The van der Waals surface area contributed by atoms with Gasteiger partial charge in [-0.25, -0.2) is 0 Å². The zero-order valence-corrected chi connectivity index (χ0v) is 7.40. The molecule has 0 amide bonds. The van der Waals surface area contributed by atoms with Crippen LogP contribution in [-0.2, 0) is 6.42 Å². The van der Waals surface area contributed by atoms with Gasteiger partial charge in [0.1, 0.15) is 0 Å². The van der Waals surface area contributed by atoms with Crippen molar-refractivity contribution in [1.29, 1.82) is 0 Å². The van der Waals surface area contributed by atoms with Gasteiger partial charge in [0.05, 0.1) is 5.84 Å². The van der Waals surface area contributed by atoms with Gasteiger partial charge < -0.3 is 5.73 Å². The lowest BCUT2D eigenvalue weighted by Gasteiger charge is -1.95. The van der Waals surface area contributed by atoms with E-state index in [9.17, 15) is 0 Å². The normalized spacial score (nSPS) is 11.9. The summed E-state index contributed by atoms with van der Waals surface area (Å²) in [5.41, 5.74) is 5.63. The largest absolute Gasteiger partial charge is 0.387 e. The quantitative estimate of drug-likeness (QED) is 0.541. The first-order valence-corrected chi connectivity index (χ1v) is 4.52. The molecule has 0 spiro atoms. The van der Waals surface area contributed by atoms with Gasteiger partial charge in [-0.2, -0.15) is 0 Å². The van der Waals surface area contributed by atoms with Crippen LogP contribution in [0.5, 0.6) is 0 Å². The highest BCUT2D eigenvalue weighted by Crippen LogP contribution is 2.08. The fraction of sp³-hybridized carbons (Fsp3) is 0.375. The number of rotatable bonds is 3. The molecule has 0 saturated carbocycles. The molecule has 0 saturated heterocycles. The molecule has 0 bridgehead atoms. The van der Waals surface area contributed by atoms with E-state index in [1.165, 1.54) is 4.88 Å². The van der Waals surface area contributed by atoms with Gasteiger partial charge in [-0.05, 0) is 18.4 Å². The van der Waals surface area contributed by atoms with Gasteiger partial charge in [0.15, 0.2) is 0 Å². The van der Waals surface area contributed by atoms with E-state index in [2.05, 4.69) is 16.4 Å². The maximum Gasteiger partial charge on any atom is 0.0989 e. The molecule has 1 aromatic rings. The topological polar surface area (TPSA) is 38.4 Å². The van der Waals surface area contributed by atoms with Crippen molar-refractivity contribution in [1.82, 2.24) is 0 Å². The molecular formula is C8H12N2S. The average molecular weight is 168 g/mol. The van der Waals surface area contributed by atoms with Gasteiger partial charge in [-0.1, -0.05) is 6.07 Å². The van der Waals surface area contributed by atoms with E-state index < -0.39 is 0 Å². The van der Waals surface area contributed by atoms with Gasteiger partial charge in [-0.3, -0.25) is 4.99 Å². The van der Waals surface area contributed by atoms with Gasteiger partial charge in [0.25, 0.3) is 0 Å². The van der Waals surface area contributed by atoms with Crippen LogP contribution in [0.1, 0.15) is 11.8 Å². The molecule has 0 fully saturated rings. The van der Waals surface area contributed by atoms with Crippen molar-refractivity contribution in [2.75, 3.05) is 6.54 Å². The Bertz CT molecular complexity index is 226. The number of hydrogen-bond donors (Lipinski definition) is 1. The van der Waals surface area contributed by atoms with E-state index in [1.807, 2.05) is 13.0 Å². The van der Waals surface area contributed by atoms with Crippen molar-refractivity contribution in [2.45, 2.75) is 13.3 Å². The van der Waals surface area contributed by atoms with Crippen LogP contribution in [0.2, 0.25) is 0 Å². The number of nitrogens with two attached hydrogens (primary N) is 1. The summed E-state index contributed by atoms with van der Waals surface area (Å²) in [6.07, 6.45) is 0.797. The van der Waals surface area contributed by atoms with Crippen molar-refractivity contribution >= 4 is 17.2 Å². The summed E-state index contributed by atoms with van der Waals surface area (Å²) in [5.74, 6) is 0.731. The van der Waals surface area contributed by atoms with Crippen LogP contribution in [0.25, 0.3) is 0 Å². The van der Waals surface area contributed by atoms with Crippen LogP contribution < -0.4 is 5.73 Å². The van der Waals surface area contributed by atoms with E-state index >= 15 is 0 Å². The molecule has 11 heavy (non-hydrogen) atoms. The summed E-state index contributed by atoms with van der Waals surface area (Å²) in [5, 5.41) is 2.05. The second-order valence-electron chi connectivity index (χ2n) is 2.22. The van der Waals surface area contributed by atoms with Crippen LogP contribution in [0.4, 0.5) is 0 Å². The molecule has 0 unspecified atom stereocenters. The Morgan fingerprint density at radius 1 is 1.73 bits per heavy atom. The lowest BCUT2D eigenvalue weighted by molar-refractivity contribution is 1.10. The monoisotopic (exact) mass is 168 g/mol. The Labute approximate surface area is 70.8 Å². The van der Waals surface area contributed by atoms with Crippen LogP contribution in [-0.4, -0.2) is 12.4 Å². The number of amidine groups is 1. The third-order valence-corrected chi connectivity index (χ3v) is 2.17. The maximum absolute atomic E-state index is 5.63. The molecule has 3 heteroatoms. The molecule has 0 atom stereocenters. The highest BCUT2D eigenvalue weighted by molar-refractivity contribution is 7.10. The molecule has 0 aromatic carbocycles. The number of nitrogens with zero attached hydrogens (tertiary/aromatic N) is 1. The highest BCUT2D eigenvalue weighted by atomic mass is 32.1. The van der Waals surface area contributed by atoms with E-state index in [0.717, 1.165) is 18.8 Å². The molecule has 0 aliphatic heterocycles. The minimum absolute atomic E-state index is 0.731. The highest BCUT2D eigenvalue weighted by Gasteiger charge is 1.95. The Hall–Kier alpha value is -0.830. The van der Waals surface area contributed by atoms with Crippen molar-refractivity contribution in [2.24, 2.45) is 10.7 Å². The lowest BCUT2D eigenvalue weighted by atomic mass is 10.3. The summed E-state index contributed by atoms with van der Waals surface area (Å²) >= 11 is 1.72. The van der Waals surface area contributed by atoms with Crippen molar-refractivity contribution in [3.05, 3.63) is 22.4 Å². The molecule has 2 N–H and O–H groups in total. The number of hydrogen-bond acceptors (Lipinski definition) is 2. The van der Waals surface area contributed by atoms with Gasteiger partial charge in [0.2, 0.25) is 0 Å². The molecule has 1 rings (SSSR count). The second kappa shape index (κ2) is 4.13. The Morgan fingerprint density at radius 2 is 2.55 bits per heavy atom. The fourth-order valence-corrected chi connectivity index (χ4v) is 1.57. The first kappa shape index (κ1) is 8.27. The molecule has 60 valence electrons. The first-order valence-electron chi connectivity index (χ1n) is 3.64. The Kier molecular flexibility index (Phi) is 3.11. The van der Waals surface area contributed by atoms with Crippen LogP contribution in [0.15, 0.2) is 22.5 Å².